The van der Waals surface area contributed by atoms with Gasteiger partial charge in [-0.25, -0.2) is 4.98 Å². The van der Waals surface area contributed by atoms with Crippen molar-refractivity contribution in [2.24, 2.45) is 28.6 Å². The first kappa shape index (κ1) is 16.8. The number of nitrogen functional groups attached to an aromatic ring is 1. The number of terminal acetylenes is 1. The molecule has 3 nitrogen and oxygen atoms in total. The van der Waals surface area contributed by atoms with Crippen LogP contribution in [-0.4, -0.2) is 15.7 Å². The van der Waals surface area contributed by atoms with Gasteiger partial charge in [-0.3, -0.25) is 0 Å². The lowest BCUT2D eigenvalue weighted by atomic mass is 9.47. The highest BCUT2D eigenvalue weighted by Gasteiger charge is 2.63. The molecular formula is C22H28N2OS. The number of hydrogen-bond acceptors (Lipinski definition) is 4. The van der Waals surface area contributed by atoms with E-state index in [0.717, 1.165) is 32.1 Å². The Bertz CT molecular complexity index is 851. The largest absolute Gasteiger partial charge is 0.377 e. The van der Waals surface area contributed by atoms with E-state index in [9.17, 15) is 5.11 Å². The number of anilines is 1. The molecule has 3 N–H and O–H groups in total. The van der Waals surface area contributed by atoms with Gasteiger partial charge in [-0.05, 0) is 73.7 Å². The van der Waals surface area contributed by atoms with E-state index in [1.165, 1.54) is 29.0 Å². The standard InChI is InChI=1S/C22H28N2OS/c1-4-22(25)12-8-15-13-5-6-16-18-17(24-19(23)26-18)9-10-20(16,2)14(13)7-11-21(15,22)3/h1,6,13-15,25H,5,7-12H2,2-3H3,(H2,23,24). The van der Waals surface area contributed by atoms with Crippen LogP contribution in [0.4, 0.5) is 5.13 Å². The smallest absolute Gasteiger partial charge is 0.180 e. The number of fused-ring (bicyclic) bond motifs is 7. The molecule has 4 aliphatic carbocycles. The number of aryl methyl sites for hydroxylation is 1. The zero-order valence-electron chi connectivity index (χ0n) is 15.7. The minimum Gasteiger partial charge on any atom is -0.377 e. The fourth-order valence-electron chi connectivity index (χ4n) is 7.15. The summed E-state index contributed by atoms with van der Waals surface area (Å²) in [7, 11) is 0. The van der Waals surface area contributed by atoms with Crippen molar-refractivity contribution in [1.29, 1.82) is 0 Å². The Hall–Kier alpha value is -1.31. The van der Waals surface area contributed by atoms with Crippen LogP contribution in [0, 0.1) is 40.9 Å². The summed E-state index contributed by atoms with van der Waals surface area (Å²) < 4.78 is 0. The summed E-state index contributed by atoms with van der Waals surface area (Å²) >= 11 is 1.67. The summed E-state index contributed by atoms with van der Waals surface area (Å²) in [6.45, 7) is 4.73. The maximum absolute atomic E-state index is 11.1. The first-order valence-electron chi connectivity index (χ1n) is 9.99. The van der Waals surface area contributed by atoms with Crippen LogP contribution in [-0.2, 0) is 6.42 Å². The van der Waals surface area contributed by atoms with Crippen LogP contribution >= 0.6 is 11.3 Å². The lowest BCUT2D eigenvalue weighted by molar-refractivity contribution is -0.0886. The van der Waals surface area contributed by atoms with Crippen molar-refractivity contribution in [2.75, 3.05) is 5.73 Å². The summed E-state index contributed by atoms with van der Waals surface area (Å²) in [4.78, 5) is 5.91. The Balaban J connectivity index is 1.57. The highest BCUT2D eigenvalue weighted by molar-refractivity contribution is 7.16. The molecule has 0 amide bonds. The molecule has 2 fully saturated rings. The lowest BCUT2D eigenvalue weighted by Gasteiger charge is -2.57. The van der Waals surface area contributed by atoms with Gasteiger partial charge in [0.05, 0.1) is 10.6 Å². The molecule has 6 atom stereocenters. The van der Waals surface area contributed by atoms with E-state index in [2.05, 4.69) is 30.8 Å². The van der Waals surface area contributed by atoms with Gasteiger partial charge in [0.1, 0.15) is 5.60 Å². The molecule has 0 aromatic carbocycles. The molecule has 4 aliphatic rings. The zero-order valence-corrected chi connectivity index (χ0v) is 16.5. The maximum atomic E-state index is 11.1. The van der Waals surface area contributed by atoms with Crippen molar-refractivity contribution in [1.82, 2.24) is 4.98 Å². The van der Waals surface area contributed by atoms with Crippen LogP contribution in [0.15, 0.2) is 6.08 Å². The van der Waals surface area contributed by atoms with Crippen molar-refractivity contribution in [3.63, 3.8) is 0 Å². The summed E-state index contributed by atoms with van der Waals surface area (Å²) in [6.07, 6.45) is 15.6. The fraction of sp³-hybridized carbons (Fsp3) is 0.682. The van der Waals surface area contributed by atoms with Gasteiger partial charge < -0.3 is 10.8 Å². The number of nitrogens with zero attached hydrogens (tertiary/aromatic N) is 1. The molecule has 1 aromatic heterocycles. The predicted octanol–water partition coefficient (Wildman–Crippen LogP) is 4.27. The second kappa shape index (κ2) is 5.14. The molecule has 2 saturated carbocycles. The van der Waals surface area contributed by atoms with E-state index in [1.807, 2.05) is 0 Å². The minimum absolute atomic E-state index is 0.126. The molecule has 0 saturated heterocycles. The Morgan fingerprint density at radius 3 is 2.81 bits per heavy atom. The monoisotopic (exact) mass is 368 g/mol. The molecule has 138 valence electrons. The second-order valence-electron chi connectivity index (χ2n) is 9.48. The number of aliphatic hydroxyl groups is 1. The summed E-state index contributed by atoms with van der Waals surface area (Å²) in [5.41, 5.74) is 7.90. The summed E-state index contributed by atoms with van der Waals surface area (Å²) in [6, 6.07) is 0. The fourth-order valence-corrected chi connectivity index (χ4v) is 8.20. The van der Waals surface area contributed by atoms with Crippen molar-refractivity contribution in [3.8, 4) is 12.3 Å². The van der Waals surface area contributed by atoms with Crippen LogP contribution in [0.1, 0.15) is 62.9 Å². The van der Waals surface area contributed by atoms with Crippen LogP contribution in [0.5, 0.6) is 0 Å². The quantitative estimate of drug-likeness (QED) is 0.672. The Morgan fingerprint density at radius 2 is 2.04 bits per heavy atom. The number of allylic oxidation sites excluding steroid dienone is 2. The van der Waals surface area contributed by atoms with Gasteiger partial charge in [0.15, 0.2) is 5.13 Å². The molecule has 0 radical (unpaired) electrons. The molecule has 26 heavy (non-hydrogen) atoms. The summed E-state index contributed by atoms with van der Waals surface area (Å²) in [5.74, 6) is 4.62. The zero-order chi connectivity index (χ0) is 18.3. The Labute approximate surface area is 160 Å². The molecule has 0 aliphatic heterocycles. The third kappa shape index (κ3) is 1.86. The van der Waals surface area contributed by atoms with Crippen molar-refractivity contribution >= 4 is 22.0 Å². The number of hydrogen-bond donors (Lipinski definition) is 2. The van der Waals surface area contributed by atoms with Crippen molar-refractivity contribution < 1.29 is 5.11 Å². The van der Waals surface area contributed by atoms with Gasteiger partial charge in [-0.1, -0.05) is 37.2 Å². The average molecular weight is 369 g/mol. The highest BCUT2D eigenvalue weighted by atomic mass is 32.1. The number of thiazole rings is 1. The van der Waals surface area contributed by atoms with Gasteiger partial charge >= 0.3 is 0 Å². The van der Waals surface area contributed by atoms with Gasteiger partial charge in [0.25, 0.3) is 0 Å². The highest BCUT2D eigenvalue weighted by Crippen LogP contribution is 2.68. The number of rotatable bonds is 0. The normalized spacial score (nSPS) is 46.4. The predicted molar refractivity (Wildman–Crippen MR) is 106 cm³/mol. The first-order valence-corrected chi connectivity index (χ1v) is 10.8. The Kier molecular flexibility index (Phi) is 3.33. The number of nitrogens with two attached hydrogens (primary N) is 1. The van der Waals surface area contributed by atoms with Crippen LogP contribution in [0.2, 0.25) is 0 Å². The first-order chi connectivity index (χ1) is 12.3. The molecule has 1 heterocycles. The van der Waals surface area contributed by atoms with Gasteiger partial charge in [0.2, 0.25) is 0 Å². The van der Waals surface area contributed by atoms with Crippen molar-refractivity contribution in [2.45, 2.75) is 64.4 Å². The number of aromatic nitrogens is 1. The maximum Gasteiger partial charge on any atom is 0.180 e. The minimum atomic E-state index is -0.917. The summed E-state index contributed by atoms with van der Waals surface area (Å²) in [5, 5.41) is 11.8. The molecular weight excluding hydrogens is 340 g/mol. The second-order valence-corrected chi connectivity index (χ2v) is 10.5. The molecule has 0 bridgehead atoms. The van der Waals surface area contributed by atoms with E-state index in [4.69, 9.17) is 12.2 Å². The molecule has 6 unspecified atom stereocenters. The average Bonchev–Trinajstić information content (AvgIpc) is 3.12. The third-order valence-electron chi connectivity index (χ3n) is 8.69. The lowest BCUT2D eigenvalue weighted by Crippen LogP contribution is -2.53. The van der Waals surface area contributed by atoms with E-state index in [0.29, 0.717) is 22.9 Å². The van der Waals surface area contributed by atoms with E-state index in [1.54, 1.807) is 11.3 Å². The van der Waals surface area contributed by atoms with Crippen LogP contribution in [0.3, 0.4) is 0 Å². The topological polar surface area (TPSA) is 59.1 Å². The van der Waals surface area contributed by atoms with Gasteiger partial charge in [-0.15, -0.1) is 6.42 Å². The van der Waals surface area contributed by atoms with Crippen LogP contribution in [0.25, 0.3) is 5.57 Å². The SMILES string of the molecule is C#CC1(O)CCC2C3CC=C4c5sc(N)nc5CCC4(C)C3CCC21C. The third-order valence-corrected chi connectivity index (χ3v) is 9.65. The molecule has 1 aromatic rings. The van der Waals surface area contributed by atoms with Crippen LogP contribution < -0.4 is 5.73 Å². The van der Waals surface area contributed by atoms with E-state index in [-0.39, 0.29) is 10.8 Å². The molecule has 5 rings (SSSR count). The van der Waals surface area contributed by atoms with Gasteiger partial charge in [-0.2, -0.15) is 0 Å². The molecule has 4 heteroatoms. The van der Waals surface area contributed by atoms with E-state index >= 15 is 0 Å². The molecule has 0 spiro atoms. The van der Waals surface area contributed by atoms with E-state index < -0.39 is 5.60 Å². The van der Waals surface area contributed by atoms with Crippen molar-refractivity contribution in [3.05, 3.63) is 16.6 Å². The van der Waals surface area contributed by atoms with Gasteiger partial charge in [0, 0.05) is 5.41 Å². The Morgan fingerprint density at radius 1 is 1.27 bits per heavy atom.